The first-order valence-electron chi connectivity index (χ1n) is 17.6. The number of aromatic hydroxyl groups is 1. The van der Waals surface area contributed by atoms with Gasteiger partial charge < -0.3 is 19.6 Å². The van der Waals surface area contributed by atoms with E-state index in [1.165, 1.54) is 0 Å². The Balaban J connectivity index is 1.19. The van der Waals surface area contributed by atoms with E-state index in [1.54, 1.807) is 36.1 Å². The Bertz CT molecular complexity index is 1850. The number of rotatable bonds is 6. The molecule has 8 nitrogen and oxygen atoms in total. The minimum atomic E-state index is -0.717. The van der Waals surface area contributed by atoms with Gasteiger partial charge in [-0.2, -0.15) is 0 Å². The number of hydrogen-bond donors (Lipinski definition) is 1. The number of likely N-dealkylation sites (tertiary alicyclic amines) is 2. The quantitative estimate of drug-likeness (QED) is 0.260. The fourth-order valence-corrected chi connectivity index (χ4v) is 8.37. The number of anilines is 1. The predicted octanol–water partition coefficient (Wildman–Crippen LogP) is 7.97. The van der Waals surface area contributed by atoms with E-state index in [-0.39, 0.29) is 41.2 Å². The summed E-state index contributed by atoms with van der Waals surface area (Å²) < 4.78 is 5.81. The Morgan fingerprint density at radius 2 is 1.73 bits per heavy atom. The highest BCUT2D eigenvalue weighted by atomic mass is 35.5. The smallest absolute Gasteiger partial charge is 0.410 e. The molecule has 0 saturated carbocycles. The zero-order chi connectivity index (χ0) is 36.5. The van der Waals surface area contributed by atoms with E-state index in [4.69, 9.17) is 27.9 Å². The third-order valence-corrected chi connectivity index (χ3v) is 11.0. The molecule has 3 amide bonds. The van der Waals surface area contributed by atoms with Gasteiger partial charge in [0.05, 0.1) is 5.92 Å². The lowest BCUT2D eigenvalue weighted by Gasteiger charge is -2.40. The number of carbonyl (C=O) groups is 3. The van der Waals surface area contributed by atoms with Crippen LogP contribution in [0.1, 0.15) is 76.0 Å². The second-order valence-electron chi connectivity index (χ2n) is 15.0. The first-order valence-corrected chi connectivity index (χ1v) is 18.4. The number of hydrogen-bond acceptors (Lipinski definition) is 5. The van der Waals surface area contributed by atoms with Crippen LogP contribution in [0.2, 0.25) is 10.0 Å². The van der Waals surface area contributed by atoms with Gasteiger partial charge in [-0.1, -0.05) is 65.5 Å². The highest BCUT2D eigenvalue weighted by Gasteiger charge is 2.50. The molecule has 3 aromatic rings. The van der Waals surface area contributed by atoms with Gasteiger partial charge in [-0.05, 0) is 106 Å². The Morgan fingerprint density at radius 1 is 1.02 bits per heavy atom. The van der Waals surface area contributed by atoms with Crippen molar-refractivity contribution < 1.29 is 24.2 Å². The van der Waals surface area contributed by atoms with E-state index >= 15 is 0 Å². The van der Waals surface area contributed by atoms with Gasteiger partial charge in [0.15, 0.2) is 0 Å². The lowest BCUT2D eigenvalue weighted by atomic mass is 9.74. The lowest BCUT2D eigenvalue weighted by molar-refractivity contribution is -0.133. The van der Waals surface area contributed by atoms with Crippen LogP contribution in [0, 0.1) is 17.8 Å². The number of phenols is 1. The summed E-state index contributed by atoms with van der Waals surface area (Å²) in [7, 11) is 0. The third-order valence-electron chi connectivity index (χ3n) is 10.4. The molecule has 0 radical (unpaired) electrons. The number of piperidine rings is 1. The van der Waals surface area contributed by atoms with Crippen LogP contribution in [-0.2, 0) is 26.2 Å². The monoisotopic (exact) mass is 729 g/mol. The van der Waals surface area contributed by atoms with Crippen molar-refractivity contribution in [1.82, 2.24) is 9.80 Å². The maximum atomic E-state index is 14.7. The van der Waals surface area contributed by atoms with Gasteiger partial charge in [-0.15, -0.1) is 5.92 Å². The minimum Gasteiger partial charge on any atom is -0.508 e. The van der Waals surface area contributed by atoms with Crippen molar-refractivity contribution in [2.24, 2.45) is 5.92 Å². The van der Waals surface area contributed by atoms with Crippen LogP contribution in [-0.4, -0.2) is 70.6 Å². The molecule has 3 aliphatic heterocycles. The number of halogens is 2. The molecule has 0 aliphatic carbocycles. The number of carbonyl (C=O) groups excluding carboxylic acids is 3. The number of amides is 3. The Labute approximate surface area is 310 Å². The lowest BCUT2D eigenvalue weighted by Crippen LogP contribution is -2.51. The summed E-state index contributed by atoms with van der Waals surface area (Å²) >= 11 is 12.7. The van der Waals surface area contributed by atoms with Gasteiger partial charge in [0.1, 0.15) is 17.4 Å². The van der Waals surface area contributed by atoms with Crippen LogP contribution >= 0.6 is 23.2 Å². The van der Waals surface area contributed by atoms with Crippen LogP contribution in [0.5, 0.6) is 5.75 Å². The number of ether oxygens (including phenoxy) is 1. The molecule has 3 atom stereocenters. The topological polar surface area (TPSA) is 90.4 Å². The van der Waals surface area contributed by atoms with E-state index in [1.807, 2.05) is 67.0 Å². The molecule has 1 spiro atoms. The highest BCUT2D eigenvalue weighted by Crippen LogP contribution is 2.48. The van der Waals surface area contributed by atoms with E-state index in [2.05, 4.69) is 17.9 Å². The van der Waals surface area contributed by atoms with Gasteiger partial charge in [0.2, 0.25) is 11.8 Å². The molecule has 1 unspecified atom stereocenters. The number of nitrogens with zero attached hydrogens (tertiary/aromatic N) is 3. The molecule has 2 saturated heterocycles. The first-order chi connectivity index (χ1) is 24.3. The fraction of sp³-hybridized carbons (Fsp3) is 0.439. The maximum Gasteiger partial charge on any atom is 0.410 e. The molecular formula is C41H45Cl2N3O5. The van der Waals surface area contributed by atoms with Crippen molar-refractivity contribution in [1.29, 1.82) is 0 Å². The van der Waals surface area contributed by atoms with Crippen molar-refractivity contribution in [3.05, 3.63) is 93.5 Å². The average Bonchev–Trinajstić information content (AvgIpc) is 3.65. The second kappa shape index (κ2) is 14.8. The molecule has 10 heteroatoms. The van der Waals surface area contributed by atoms with Crippen molar-refractivity contribution in [2.45, 2.75) is 82.8 Å². The minimum absolute atomic E-state index is 0.00555. The van der Waals surface area contributed by atoms with Crippen LogP contribution in [0.3, 0.4) is 0 Å². The first kappa shape index (κ1) is 36.6. The van der Waals surface area contributed by atoms with E-state index in [0.717, 1.165) is 22.4 Å². The van der Waals surface area contributed by atoms with Crippen LogP contribution < -0.4 is 4.90 Å². The summed E-state index contributed by atoms with van der Waals surface area (Å²) in [4.78, 5) is 47.2. The summed E-state index contributed by atoms with van der Waals surface area (Å²) in [6, 6.07) is 19.6. The van der Waals surface area contributed by atoms with E-state index in [0.29, 0.717) is 61.9 Å². The van der Waals surface area contributed by atoms with Crippen molar-refractivity contribution in [2.75, 3.05) is 31.1 Å². The van der Waals surface area contributed by atoms with E-state index < -0.39 is 17.7 Å². The van der Waals surface area contributed by atoms with Crippen molar-refractivity contribution in [3.8, 4) is 17.6 Å². The number of benzene rings is 3. The van der Waals surface area contributed by atoms with Gasteiger partial charge >= 0.3 is 6.09 Å². The Hall–Kier alpha value is -4.19. The van der Waals surface area contributed by atoms with Gasteiger partial charge in [-0.25, -0.2) is 4.79 Å². The molecule has 0 bridgehead atoms. The summed E-state index contributed by atoms with van der Waals surface area (Å²) in [5.41, 5.74) is 2.76. The van der Waals surface area contributed by atoms with E-state index in [9.17, 15) is 19.5 Å². The van der Waals surface area contributed by atoms with Crippen LogP contribution in [0.15, 0.2) is 66.7 Å². The molecular weight excluding hydrogens is 685 g/mol. The Morgan fingerprint density at radius 3 is 2.39 bits per heavy atom. The molecule has 2 fully saturated rings. The molecule has 268 valence electrons. The second-order valence-corrected chi connectivity index (χ2v) is 15.9. The van der Waals surface area contributed by atoms with Crippen molar-refractivity contribution >= 4 is 46.8 Å². The standard InChI is InChI=1S/C41H45Cl2N3O5/c1-5-8-29(28-12-15-32(47)16-13-28)23-37(48)44-19-17-41(18-20-44)26-46(35-10-7-6-9-33(35)41)38(49)36-22-27(21-30-11-14-31(42)24-34(30)43)25-45(36)39(50)51-40(2,3)4/h6-7,9-16,24,27,29,36,47H,17-23,25-26H2,1-4H3/t27-,29?,36+/m0/s1. The number of phenolic OH excluding ortho intramolecular Hbond substituents is 1. The molecule has 6 rings (SSSR count). The largest absolute Gasteiger partial charge is 0.508 e. The maximum absolute atomic E-state index is 14.7. The SMILES string of the molecule is CC#CC(CC(=O)N1CCC2(CC1)CN(C(=O)[C@H]1C[C@H](Cc3ccc(Cl)cc3Cl)CN1C(=O)OC(C)(C)C)c1ccccc12)c1ccc(O)cc1. The third kappa shape index (κ3) is 8.00. The molecule has 3 aromatic carbocycles. The highest BCUT2D eigenvalue weighted by molar-refractivity contribution is 6.35. The normalized spacial score (nSPS) is 20.1. The van der Waals surface area contributed by atoms with Crippen LogP contribution in [0.25, 0.3) is 0 Å². The zero-order valence-electron chi connectivity index (χ0n) is 29.6. The fourth-order valence-electron chi connectivity index (χ4n) is 7.88. The Kier molecular flexibility index (Phi) is 10.6. The molecule has 3 heterocycles. The number of para-hydroxylation sites is 1. The zero-order valence-corrected chi connectivity index (χ0v) is 31.1. The summed E-state index contributed by atoms with van der Waals surface area (Å²) in [6.45, 7) is 9.22. The predicted molar refractivity (Wildman–Crippen MR) is 200 cm³/mol. The van der Waals surface area contributed by atoms with Crippen LogP contribution in [0.4, 0.5) is 10.5 Å². The summed E-state index contributed by atoms with van der Waals surface area (Å²) in [6.07, 6.45) is 2.25. The summed E-state index contributed by atoms with van der Waals surface area (Å²) in [5.74, 6) is 5.94. The molecule has 0 aromatic heterocycles. The average molecular weight is 731 g/mol. The van der Waals surface area contributed by atoms with Gasteiger partial charge in [0, 0.05) is 53.7 Å². The summed E-state index contributed by atoms with van der Waals surface area (Å²) in [5, 5.41) is 10.9. The molecule has 51 heavy (non-hydrogen) atoms. The van der Waals surface area contributed by atoms with Gasteiger partial charge in [0.25, 0.3) is 0 Å². The molecule has 1 N–H and O–H groups in total. The van der Waals surface area contributed by atoms with Gasteiger partial charge in [-0.3, -0.25) is 14.5 Å². The molecule has 3 aliphatic rings. The number of fused-ring (bicyclic) bond motifs is 2. The van der Waals surface area contributed by atoms with Crippen molar-refractivity contribution in [3.63, 3.8) is 0 Å².